The summed E-state index contributed by atoms with van der Waals surface area (Å²) in [5, 5.41) is 4.69. The Morgan fingerprint density at radius 1 is 1.18 bits per heavy atom. The van der Waals surface area contributed by atoms with Gasteiger partial charge in [-0.05, 0) is 48.6 Å². The average molecular weight is 401 g/mol. The Morgan fingerprint density at radius 3 is 2.54 bits per heavy atom. The summed E-state index contributed by atoms with van der Waals surface area (Å²) in [6.45, 7) is -0.0495. The van der Waals surface area contributed by atoms with Gasteiger partial charge in [-0.3, -0.25) is 14.5 Å². The number of nitrogens with one attached hydrogen (secondary N) is 1. The van der Waals surface area contributed by atoms with Crippen LogP contribution in [-0.4, -0.2) is 34.8 Å². The van der Waals surface area contributed by atoms with Gasteiger partial charge < -0.3 is 10.2 Å². The Labute approximate surface area is 165 Å². The van der Waals surface area contributed by atoms with Gasteiger partial charge in [-0.15, -0.1) is 11.3 Å². The fourth-order valence-corrected chi connectivity index (χ4v) is 4.55. The van der Waals surface area contributed by atoms with Crippen LogP contribution < -0.4 is 10.2 Å². The van der Waals surface area contributed by atoms with Crippen LogP contribution in [0.2, 0.25) is 0 Å². The average Bonchev–Trinajstić information content (AvgIpc) is 3.40. The molecule has 0 atom stereocenters. The smallest absolute Gasteiger partial charge is 0.323 e. The normalized spacial score (nSPS) is 18.0. The van der Waals surface area contributed by atoms with Crippen LogP contribution in [0.15, 0.2) is 41.8 Å². The summed E-state index contributed by atoms with van der Waals surface area (Å²) in [7, 11) is 0. The van der Waals surface area contributed by atoms with Gasteiger partial charge in [0, 0.05) is 10.6 Å². The predicted octanol–water partition coefficient (Wildman–Crippen LogP) is 3.29. The van der Waals surface area contributed by atoms with E-state index in [1.54, 1.807) is 0 Å². The number of anilines is 1. The van der Waals surface area contributed by atoms with E-state index in [0.717, 1.165) is 22.6 Å². The Hall–Kier alpha value is -2.74. The van der Waals surface area contributed by atoms with Crippen LogP contribution >= 0.6 is 11.3 Å². The Balaban J connectivity index is 1.56. The zero-order chi connectivity index (χ0) is 19.7. The topological polar surface area (TPSA) is 69.7 Å². The second-order valence-electron chi connectivity index (χ2n) is 7.15. The fourth-order valence-electron chi connectivity index (χ4n) is 3.86. The molecular weight excluding hydrogens is 381 g/mol. The molecule has 2 aromatic rings. The molecule has 146 valence electrons. The van der Waals surface area contributed by atoms with Crippen molar-refractivity contribution in [2.75, 3.05) is 11.4 Å². The molecule has 2 aliphatic rings. The van der Waals surface area contributed by atoms with Crippen LogP contribution in [0.5, 0.6) is 0 Å². The van der Waals surface area contributed by atoms with Crippen molar-refractivity contribution >= 4 is 34.9 Å². The van der Waals surface area contributed by atoms with Crippen molar-refractivity contribution in [3.8, 4) is 0 Å². The third-order valence-corrected chi connectivity index (χ3v) is 6.19. The highest BCUT2D eigenvalue weighted by atomic mass is 32.1. The second kappa shape index (κ2) is 7.35. The first-order valence-corrected chi connectivity index (χ1v) is 10.1. The van der Waals surface area contributed by atoms with E-state index in [4.69, 9.17) is 0 Å². The van der Waals surface area contributed by atoms with E-state index in [2.05, 4.69) is 5.32 Å². The van der Waals surface area contributed by atoms with E-state index in [0.29, 0.717) is 18.5 Å². The number of carbonyl (C=O) groups excluding carboxylic acids is 3. The van der Waals surface area contributed by atoms with Crippen molar-refractivity contribution < 1.29 is 18.8 Å². The molecule has 4 rings (SSSR count). The molecule has 1 aromatic carbocycles. The van der Waals surface area contributed by atoms with Gasteiger partial charge in [-0.1, -0.05) is 18.9 Å². The lowest BCUT2D eigenvalue weighted by Crippen LogP contribution is -2.46. The molecular formula is C20H20FN3O3S. The SMILES string of the molecule is O=C1NC2(CCCC2)C(=O)N1CC(=O)N(Cc1cccs1)c1ccc(F)cc1. The Bertz CT molecular complexity index is 892. The van der Waals surface area contributed by atoms with Gasteiger partial charge in [0.2, 0.25) is 5.91 Å². The van der Waals surface area contributed by atoms with Gasteiger partial charge >= 0.3 is 6.03 Å². The molecule has 0 bridgehead atoms. The van der Waals surface area contributed by atoms with Crippen LogP contribution in [0.1, 0.15) is 30.6 Å². The van der Waals surface area contributed by atoms with Crippen molar-refractivity contribution in [3.63, 3.8) is 0 Å². The van der Waals surface area contributed by atoms with Crippen molar-refractivity contribution in [1.29, 1.82) is 0 Å². The molecule has 2 heterocycles. The highest BCUT2D eigenvalue weighted by Gasteiger charge is 2.52. The molecule has 1 saturated carbocycles. The fraction of sp³-hybridized carbons (Fsp3) is 0.350. The van der Waals surface area contributed by atoms with Gasteiger partial charge in [0.05, 0.1) is 6.54 Å². The monoisotopic (exact) mass is 401 g/mol. The maximum absolute atomic E-state index is 13.3. The number of amides is 4. The van der Waals surface area contributed by atoms with Crippen LogP contribution in [0.4, 0.5) is 14.9 Å². The number of hydrogen-bond acceptors (Lipinski definition) is 4. The summed E-state index contributed by atoms with van der Waals surface area (Å²) in [5.74, 6) is -1.11. The number of thiophene rings is 1. The quantitative estimate of drug-likeness (QED) is 0.782. The Kier molecular flexibility index (Phi) is 4.89. The molecule has 4 amide bonds. The number of urea groups is 1. The maximum atomic E-state index is 13.3. The number of carbonyl (C=O) groups is 3. The molecule has 2 fully saturated rings. The maximum Gasteiger partial charge on any atom is 0.325 e. The molecule has 1 aliphatic heterocycles. The summed E-state index contributed by atoms with van der Waals surface area (Å²) in [6, 6.07) is 8.87. The molecule has 8 heteroatoms. The lowest BCUT2D eigenvalue weighted by Gasteiger charge is -2.25. The van der Waals surface area contributed by atoms with Gasteiger partial charge in [-0.2, -0.15) is 0 Å². The number of benzene rings is 1. The summed E-state index contributed by atoms with van der Waals surface area (Å²) >= 11 is 1.50. The number of rotatable bonds is 5. The van der Waals surface area contributed by atoms with Crippen molar-refractivity contribution in [1.82, 2.24) is 10.2 Å². The van der Waals surface area contributed by atoms with E-state index >= 15 is 0 Å². The standard InChI is InChI=1S/C20H20FN3O3S/c21-14-5-7-15(8-6-14)23(12-16-4-3-11-28-16)17(25)13-24-18(26)20(22-19(24)27)9-1-2-10-20/h3-8,11H,1-2,9-10,12-13H2,(H,22,27). The molecule has 1 saturated heterocycles. The highest BCUT2D eigenvalue weighted by Crippen LogP contribution is 2.35. The van der Waals surface area contributed by atoms with E-state index in [-0.39, 0.29) is 19.0 Å². The Morgan fingerprint density at radius 2 is 1.89 bits per heavy atom. The van der Waals surface area contributed by atoms with E-state index in [1.165, 1.54) is 40.5 Å². The second-order valence-corrected chi connectivity index (χ2v) is 8.18. The number of hydrogen-bond donors (Lipinski definition) is 1. The van der Waals surface area contributed by atoms with Crippen molar-refractivity contribution in [2.24, 2.45) is 0 Å². The summed E-state index contributed by atoms with van der Waals surface area (Å²) in [4.78, 5) is 41.7. The molecule has 0 unspecified atom stereocenters. The summed E-state index contributed by atoms with van der Waals surface area (Å²) in [6.07, 6.45) is 2.99. The first kappa shape index (κ1) is 18.6. The molecule has 6 nitrogen and oxygen atoms in total. The minimum Gasteiger partial charge on any atom is -0.323 e. The predicted molar refractivity (Wildman–Crippen MR) is 103 cm³/mol. The van der Waals surface area contributed by atoms with Crippen LogP contribution in [-0.2, 0) is 16.1 Å². The van der Waals surface area contributed by atoms with Gasteiger partial charge in [0.15, 0.2) is 0 Å². The first-order chi connectivity index (χ1) is 13.5. The molecule has 1 aliphatic carbocycles. The number of imide groups is 1. The van der Waals surface area contributed by atoms with E-state index < -0.39 is 23.3 Å². The summed E-state index contributed by atoms with van der Waals surface area (Å²) < 4.78 is 13.3. The van der Waals surface area contributed by atoms with Gasteiger partial charge in [0.25, 0.3) is 5.91 Å². The van der Waals surface area contributed by atoms with Crippen LogP contribution in [0.25, 0.3) is 0 Å². The molecule has 1 spiro atoms. The van der Waals surface area contributed by atoms with Crippen molar-refractivity contribution in [2.45, 2.75) is 37.8 Å². The largest absolute Gasteiger partial charge is 0.325 e. The molecule has 1 aromatic heterocycles. The van der Waals surface area contributed by atoms with Crippen LogP contribution in [0.3, 0.4) is 0 Å². The lowest BCUT2D eigenvalue weighted by atomic mass is 9.98. The molecule has 0 radical (unpaired) electrons. The number of halogens is 1. The lowest BCUT2D eigenvalue weighted by molar-refractivity contribution is -0.134. The highest BCUT2D eigenvalue weighted by molar-refractivity contribution is 7.09. The third-order valence-electron chi connectivity index (χ3n) is 5.33. The van der Waals surface area contributed by atoms with Crippen molar-refractivity contribution in [3.05, 3.63) is 52.5 Å². The summed E-state index contributed by atoms with van der Waals surface area (Å²) in [5.41, 5.74) is -0.325. The minimum absolute atomic E-state index is 0.289. The zero-order valence-corrected chi connectivity index (χ0v) is 16.0. The number of nitrogens with zero attached hydrogens (tertiary/aromatic N) is 2. The molecule has 1 N–H and O–H groups in total. The zero-order valence-electron chi connectivity index (χ0n) is 15.2. The van der Waals surface area contributed by atoms with E-state index in [1.807, 2.05) is 17.5 Å². The van der Waals surface area contributed by atoms with Gasteiger partial charge in [0.1, 0.15) is 17.9 Å². The molecule has 28 heavy (non-hydrogen) atoms. The van der Waals surface area contributed by atoms with Crippen LogP contribution in [0, 0.1) is 5.82 Å². The van der Waals surface area contributed by atoms with E-state index in [9.17, 15) is 18.8 Å². The minimum atomic E-state index is -0.841. The third kappa shape index (κ3) is 3.40. The first-order valence-electron chi connectivity index (χ1n) is 9.21. The van der Waals surface area contributed by atoms with Gasteiger partial charge in [-0.25, -0.2) is 9.18 Å².